The summed E-state index contributed by atoms with van der Waals surface area (Å²) in [6, 6.07) is 16.8. The first-order valence-electron chi connectivity index (χ1n) is 18.9. The lowest BCUT2D eigenvalue weighted by atomic mass is 9.78. The third kappa shape index (κ3) is 5.85. The molecular formula is C43H55N3OSi+2. The van der Waals surface area contributed by atoms with Gasteiger partial charge < -0.3 is 4.74 Å². The van der Waals surface area contributed by atoms with E-state index < -0.39 is 8.07 Å². The molecule has 2 aliphatic carbocycles. The fourth-order valence-corrected chi connectivity index (χ4v) is 11.6. The summed E-state index contributed by atoms with van der Waals surface area (Å²) in [7, 11) is -1.65. The second-order valence-electron chi connectivity index (χ2n) is 16.5. The molecule has 0 amide bonds. The first-order chi connectivity index (χ1) is 23.3. The van der Waals surface area contributed by atoms with Gasteiger partial charge in [-0.05, 0) is 72.4 Å². The molecule has 3 aromatic rings. The fraction of sp³-hybridized carbons (Fsp3) is 0.488. The summed E-state index contributed by atoms with van der Waals surface area (Å²) in [6.45, 7) is 18.4. The molecule has 1 aromatic carbocycles. The Morgan fingerprint density at radius 3 is 2.35 bits per heavy atom. The molecule has 2 unspecified atom stereocenters. The normalized spacial score (nSPS) is 23.2. The third-order valence-corrected chi connectivity index (χ3v) is 14.4. The smallest absolute Gasteiger partial charge is 0.249 e. The first kappa shape index (κ1) is 32.0. The molecule has 5 heteroatoms. The van der Waals surface area contributed by atoms with Gasteiger partial charge in [0.25, 0.3) is 0 Å². The molecule has 2 aromatic heterocycles. The zero-order chi connectivity index (χ0) is 33.0. The number of aromatic nitrogens is 2. The van der Waals surface area contributed by atoms with E-state index in [1.54, 1.807) is 10.8 Å². The molecule has 3 aliphatic heterocycles. The second kappa shape index (κ2) is 12.9. The molecule has 2 atom stereocenters. The monoisotopic (exact) mass is 657 g/mol. The Labute approximate surface area is 289 Å². The number of hydrogen-bond donors (Lipinski definition) is 1. The highest BCUT2D eigenvalue weighted by molar-refractivity contribution is 6.89. The summed E-state index contributed by atoms with van der Waals surface area (Å²) in [5.74, 6) is 2.70. The standard InChI is InChI=1S/C43H55N3OSi/c1-29-43-38(19-18-34-26-44-28-47-30(2)42(34)40-24-33(20-21-45(29)40)22-31-12-6-7-13-31)36-16-10-11-17-37(36)39-25-35(23-32-14-8-9-15-32)41(27-46(39)43)48(3,4)5/h10-11,16-17,20-21,24-25,27,31-32,38,43-44H,1-2,6-9,12-15,18-19,22-23,26,28H2,3-5H3/q+2. The molecule has 2 fully saturated rings. The van der Waals surface area contributed by atoms with Gasteiger partial charge in [0.1, 0.15) is 12.5 Å². The van der Waals surface area contributed by atoms with E-state index in [1.807, 2.05) is 0 Å². The molecule has 2 saturated carbocycles. The summed E-state index contributed by atoms with van der Waals surface area (Å²) < 4.78 is 11.3. The van der Waals surface area contributed by atoms with Crippen molar-refractivity contribution in [1.82, 2.24) is 5.32 Å². The Morgan fingerprint density at radius 1 is 0.875 bits per heavy atom. The number of ether oxygens (including phenoxy) is 1. The average Bonchev–Trinajstić information content (AvgIpc) is 3.76. The van der Waals surface area contributed by atoms with Gasteiger partial charge in [-0.15, -0.1) is 0 Å². The second-order valence-corrected chi connectivity index (χ2v) is 21.6. The maximum absolute atomic E-state index is 6.22. The van der Waals surface area contributed by atoms with Crippen LogP contribution in [0, 0.1) is 11.8 Å². The predicted octanol–water partition coefficient (Wildman–Crippen LogP) is 8.39. The summed E-state index contributed by atoms with van der Waals surface area (Å²) in [5, 5.41) is 5.18. The van der Waals surface area contributed by atoms with Gasteiger partial charge in [0.05, 0.1) is 19.6 Å². The summed E-state index contributed by atoms with van der Waals surface area (Å²) in [6.07, 6.45) is 20.3. The highest BCUT2D eigenvalue weighted by Crippen LogP contribution is 2.46. The minimum absolute atomic E-state index is 0.112. The number of nitrogens with one attached hydrogen (secondary N) is 1. The Morgan fingerprint density at radius 2 is 1.60 bits per heavy atom. The number of rotatable bonds is 5. The minimum Gasteiger partial charge on any atom is -0.478 e. The van der Waals surface area contributed by atoms with Gasteiger partial charge in [0.2, 0.25) is 23.1 Å². The van der Waals surface area contributed by atoms with Gasteiger partial charge in [-0.25, -0.2) is 0 Å². The average molecular weight is 658 g/mol. The lowest BCUT2D eigenvalue weighted by molar-refractivity contribution is -0.728. The highest BCUT2D eigenvalue weighted by Gasteiger charge is 2.48. The van der Waals surface area contributed by atoms with Gasteiger partial charge >= 0.3 is 0 Å². The van der Waals surface area contributed by atoms with Crippen molar-refractivity contribution in [3.05, 3.63) is 102 Å². The van der Waals surface area contributed by atoms with Crippen LogP contribution in [-0.4, -0.2) is 21.3 Å². The van der Waals surface area contributed by atoms with Gasteiger partial charge in [-0.3, -0.25) is 5.32 Å². The summed E-state index contributed by atoms with van der Waals surface area (Å²) >= 11 is 0. The van der Waals surface area contributed by atoms with Crippen LogP contribution in [0.5, 0.6) is 0 Å². The van der Waals surface area contributed by atoms with Crippen molar-refractivity contribution < 1.29 is 13.9 Å². The van der Waals surface area contributed by atoms with Crippen molar-refractivity contribution >= 4 is 24.5 Å². The topological polar surface area (TPSA) is 29.0 Å². The number of benzene rings is 1. The van der Waals surface area contributed by atoms with Crippen LogP contribution < -0.4 is 19.6 Å². The van der Waals surface area contributed by atoms with Crippen LogP contribution in [0.1, 0.15) is 98.6 Å². The van der Waals surface area contributed by atoms with E-state index in [4.69, 9.17) is 11.3 Å². The molecule has 8 rings (SSSR count). The van der Waals surface area contributed by atoms with E-state index in [0.29, 0.717) is 12.6 Å². The Hall–Kier alpha value is -3.28. The molecule has 5 aliphatic rings. The van der Waals surface area contributed by atoms with Crippen LogP contribution in [0.4, 0.5) is 0 Å². The highest BCUT2D eigenvalue weighted by atomic mass is 28.3. The molecule has 48 heavy (non-hydrogen) atoms. The zero-order valence-corrected chi connectivity index (χ0v) is 30.6. The van der Waals surface area contributed by atoms with Crippen molar-refractivity contribution in [2.45, 2.75) is 109 Å². The van der Waals surface area contributed by atoms with Gasteiger partial charge in [0.15, 0.2) is 12.4 Å². The number of fused-ring (bicyclic) bond motifs is 8. The third-order valence-electron chi connectivity index (χ3n) is 12.3. The minimum atomic E-state index is -1.65. The number of hydrogen-bond acceptors (Lipinski definition) is 2. The van der Waals surface area contributed by atoms with Crippen molar-refractivity contribution in [3.63, 3.8) is 0 Å². The van der Waals surface area contributed by atoms with E-state index in [1.165, 1.54) is 97.0 Å². The van der Waals surface area contributed by atoms with Crippen molar-refractivity contribution in [3.8, 4) is 11.3 Å². The molecule has 5 heterocycles. The summed E-state index contributed by atoms with van der Waals surface area (Å²) in [4.78, 5) is 0. The molecule has 0 radical (unpaired) electrons. The molecule has 0 bridgehead atoms. The maximum Gasteiger partial charge on any atom is 0.249 e. The van der Waals surface area contributed by atoms with Crippen LogP contribution >= 0.6 is 0 Å². The first-order valence-corrected chi connectivity index (χ1v) is 22.4. The van der Waals surface area contributed by atoms with Crippen LogP contribution in [0.15, 0.2) is 79.3 Å². The quantitative estimate of drug-likeness (QED) is 0.221. The number of nitrogens with zero attached hydrogens (tertiary/aromatic N) is 2. The fourth-order valence-electron chi connectivity index (χ4n) is 9.92. The zero-order valence-electron chi connectivity index (χ0n) is 29.6. The Kier molecular flexibility index (Phi) is 8.57. The van der Waals surface area contributed by atoms with E-state index in [2.05, 4.69) is 95.5 Å². The SMILES string of the molecule is C=C1OCNCC2=C1c1cc(CC3CCCC3)cc[n+]1C(=C)C1C(CC2)c2ccccc2-c2cc(CC3CCCC3)c([Si](C)(C)C)c[n+]21. The van der Waals surface area contributed by atoms with Crippen molar-refractivity contribution in [2.24, 2.45) is 11.8 Å². The molecular weight excluding hydrogens is 603 g/mol. The molecule has 4 nitrogen and oxygen atoms in total. The van der Waals surface area contributed by atoms with Gasteiger partial charge in [-0.2, -0.15) is 9.13 Å². The lowest BCUT2D eigenvalue weighted by Crippen LogP contribution is -2.57. The summed E-state index contributed by atoms with van der Waals surface area (Å²) in [5.41, 5.74) is 12.2. The van der Waals surface area contributed by atoms with E-state index in [0.717, 1.165) is 49.1 Å². The molecule has 0 saturated heterocycles. The van der Waals surface area contributed by atoms with Crippen molar-refractivity contribution in [1.29, 1.82) is 0 Å². The van der Waals surface area contributed by atoms with Crippen LogP contribution in [0.25, 0.3) is 22.5 Å². The predicted molar refractivity (Wildman–Crippen MR) is 199 cm³/mol. The Balaban J connectivity index is 1.32. The van der Waals surface area contributed by atoms with E-state index in [9.17, 15) is 0 Å². The lowest BCUT2D eigenvalue weighted by Gasteiger charge is -2.32. The van der Waals surface area contributed by atoms with Crippen LogP contribution in [0.2, 0.25) is 19.6 Å². The largest absolute Gasteiger partial charge is 0.478 e. The van der Waals surface area contributed by atoms with E-state index in [-0.39, 0.29) is 6.04 Å². The molecule has 1 N–H and O–H groups in total. The van der Waals surface area contributed by atoms with Crippen LogP contribution in [-0.2, 0) is 17.6 Å². The van der Waals surface area contributed by atoms with Crippen molar-refractivity contribution in [2.75, 3.05) is 13.3 Å². The number of allylic oxidation sites excluding steroid dienone is 2. The van der Waals surface area contributed by atoms with Crippen LogP contribution in [0.3, 0.4) is 0 Å². The van der Waals surface area contributed by atoms with Gasteiger partial charge in [0, 0.05) is 35.5 Å². The maximum atomic E-state index is 6.22. The number of pyridine rings is 2. The molecule has 250 valence electrons. The van der Waals surface area contributed by atoms with Gasteiger partial charge in [-0.1, -0.05) is 95.8 Å². The van der Waals surface area contributed by atoms with E-state index >= 15 is 0 Å². The Bertz CT molecular complexity index is 1790. The molecule has 0 spiro atoms.